The number of hydrogen-bond donors (Lipinski definition) is 0. The second-order valence-corrected chi connectivity index (χ2v) is 4.05. The maximum absolute atomic E-state index is 5.82. The van der Waals surface area contributed by atoms with E-state index in [-0.39, 0.29) is 0 Å². The average molecular weight is 190 g/mol. The van der Waals surface area contributed by atoms with E-state index in [9.17, 15) is 0 Å². The molecular weight excluding hydrogens is 176 g/mol. The zero-order valence-electron chi connectivity index (χ0n) is 8.06. The molecule has 1 aromatic rings. The third kappa shape index (κ3) is 1.56. The number of fused-ring (bicyclic) bond motifs is 1. The summed E-state index contributed by atoms with van der Waals surface area (Å²) in [7, 11) is 0. The summed E-state index contributed by atoms with van der Waals surface area (Å²) in [5.74, 6) is 0. The first kappa shape index (κ1) is 8.45. The summed E-state index contributed by atoms with van der Waals surface area (Å²) in [6, 6.07) is 10.3. The van der Waals surface area contributed by atoms with Gasteiger partial charge in [-0.2, -0.15) is 0 Å². The van der Waals surface area contributed by atoms with Crippen LogP contribution in [0.4, 0.5) is 0 Å². The van der Waals surface area contributed by atoms with Crippen molar-refractivity contribution in [1.82, 2.24) is 0 Å². The minimum atomic E-state index is 0.347. The summed E-state index contributed by atoms with van der Waals surface area (Å²) in [5, 5.41) is 0. The molecule has 74 valence electrons. The lowest BCUT2D eigenvalue weighted by Crippen LogP contribution is -2.15. The molecule has 1 aliphatic heterocycles. The van der Waals surface area contributed by atoms with E-state index in [4.69, 9.17) is 9.47 Å². The van der Waals surface area contributed by atoms with E-state index in [2.05, 4.69) is 12.1 Å². The van der Waals surface area contributed by atoms with Gasteiger partial charge in [0.05, 0.1) is 18.8 Å². The van der Waals surface area contributed by atoms with Gasteiger partial charge < -0.3 is 9.47 Å². The molecule has 1 heterocycles. The standard InChI is InChI=1S/C12H14O2/c1-2-4-9(5-3-1)8-13-10-6-7-11-12(10)14-11/h1-5,10-12H,6-8H2/t10-,11-,12+/m0/s1. The smallest absolute Gasteiger partial charge is 0.110 e. The van der Waals surface area contributed by atoms with Crippen molar-refractivity contribution in [2.45, 2.75) is 37.8 Å². The van der Waals surface area contributed by atoms with Crippen LogP contribution in [0, 0.1) is 0 Å². The van der Waals surface area contributed by atoms with Gasteiger partial charge in [0.2, 0.25) is 0 Å². The van der Waals surface area contributed by atoms with Crippen molar-refractivity contribution in [3.8, 4) is 0 Å². The fourth-order valence-electron chi connectivity index (χ4n) is 2.16. The fraction of sp³-hybridized carbons (Fsp3) is 0.500. The molecule has 2 fully saturated rings. The highest BCUT2D eigenvalue weighted by atomic mass is 16.6. The molecule has 3 atom stereocenters. The van der Waals surface area contributed by atoms with Crippen molar-refractivity contribution in [3.05, 3.63) is 35.9 Å². The molecule has 0 radical (unpaired) electrons. The van der Waals surface area contributed by atoms with Gasteiger partial charge in [-0.15, -0.1) is 0 Å². The van der Waals surface area contributed by atoms with E-state index in [1.165, 1.54) is 18.4 Å². The van der Waals surface area contributed by atoms with Crippen LogP contribution in [0.5, 0.6) is 0 Å². The first-order valence-electron chi connectivity index (χ1n) is 5.24. The van der Waals surface area contributed by atoms with Crippen LogP contribution in [0.2, 0.25) is 0 Å². The third-order valence-electron chi connectivity index (χ3n) is 3.03. The monoisotopic (exact) mass is 190 g/mol. The maximum Gasteiger partial charge on any atom is 0.110 e. The van der Waals surface area contributed by atoms with Crippen molar-refractivity contribution in [2.24, 2.45) is 0 Å². The van der Waals surface area contributed by atoms with Gasteiger partial charge in [-0.3, -0.25) is 0 Å². The molecule has 2 aliphatic rings. The second-order valence-electron chi connectivity index (χ2n) is 4.05. The van der Waals surface area contributed by atoms with Crippen LogP contribution in [0.25, 0.3) is 0 Å². The van der Waals surface area contributed by atoms with Gasteiger partial charge in [0, 0.05) is 0 Å². The maximum atomic E-state index is 5.82. The Hall–Kier alpha value is -0.860. The predicted molar refractivity (Wildman–Crippen MR) is 52.9 cm³/mol. The van der Waals surface area contributed by atoms with Gasteiger partial charge in [0.1, 0.15) is 6.10 Å². The van der Waals surface area contributed by atoms with Crippen LogP contribution in [0.1, 0.15) is 18.4 Å². The summed E-state index contributed by atoms with van der Waals surface area (Å²) in [6.45, 7) is 0.720. The van der Waals surface area contributed by atoms with E-state index >= 15 is 0 Å². The Kier molecular flexibility index (Phi) is 2.03. The minimum absolute atomic E-state index is 0.347. The molecule has 0 aromatic heterocycles. The molecule has 1 saturated carbocycles. The van der Waals surface area contributed by atoms with Crippen LogP contribution >= 0.6 is 0 Å². The zero-order chi connectivity index (χ0) is 9.38. The summed E-state index contributed by atoms with van der Waals surface area (Å²) in [6.07, 6.45) is 3.64. The molecule has 2 nitrogen and oxygen atoms in total. The molecule has 0 amide bonds. The molecule has 1 saturated heterocycles. The van der Waals surface area contributed by atoms with Gasteiger partial charge in [0.25, 0.3) is 0 Å². The Balaban J connectivity index is 1.54. The molecule has 2 heteroatoms. The summed E-state index contributed by atoms with van der Waals surface area (Å²) >= 11 is 0. The first-order chi connectivity index (χ1) is 6.93. The van der Waals surface area contributed by atoms with Crippen molar-refractivity contribution >= 4 is 0 Å². The highest BCUT2D eigenvalue weighted by Crippen LogP contribution is 2.40. The van der Waals surface area contributed by atoms with Gasteiger partial charge >= 0.3 is 0 Å². The fourth-order valence-corrected chi connectivity index (χ4v) is 2.16. The largest absolute Gasteiger partial charge is 0.371 e. The molecule has 0 spiro atoms. The second kappa shape index (κ2) is 3.37. The average Bonchev–Trinajstić information content (AvgIpc) is 2.92. The number of rotatable bonds is 3. The molecule has 1 aromatic carbocycles. The molecule has 1 aliphatic carbocycles. The van der Waals surface area contributed by atoms with E-state index in [1.807, 2.05) is 18.2 Å². The summed E-state index contributed by atoms with van der Waals surface area (Å²) in [5.41, 5.74) is 1.25. The molecule has 0 bridgehead atoms. The molecular formula is C12H14O2. The SMILES string of the molecule is c1ccc(CO[C@H]2CC[C@@H]3O[C@H]23)cc1. The van der Waals surface area contributed by atoms with Gasteiger partial charge in [-0.1, -0.05) is 30.3 Å². The highest BCUT2D eigenvalue weighted by Gasteiger charge is 2.50. The van der Waals surface area contributed by atoms with E-state index in [1.54, 1.807) is 0 Å². The Morgan fingerprint density at radius 2 is 2.07 bits per heavy atom. The molecule has 14 heavy (non-hydrogen) atoms. The van der Waals surface area contributed by atoms with Gasteiger partial charge in [-0.25, -0.2) is 0 Å². The first-order valence-corrected chi connectivity index (χ1v) is 5.24. The summed E-state index contributed by atoms with van der Waals surface area (Å²) < 4.78 is 11.2. The third-order valence-corrected chi connectivity index (χ3v) is 3.03. The minimum Gasteiger partial charge on any atom is -0.371 e. The van der Waals surface area contributed by atoms with Crippen molar-refractivity contribution in [2.75, 3.05) is 0 Å². The van der Waals surface area contributed by atoms with Crippen LogP contribution in [-0.4, -0.2) is 18.3 Å². The molecule has 0 N–H and O–H groups in total. The Morgan fingerprint density at radius 3 is 2.71 bits per heavy atom. The van der Waals surface area contributed by atoms with Gasteiger partial charge in [-0.05, 0) is 18.4 Å². The van der Waals surface area contributed by atoms with Crippen LogP contribution in [-0.2, 0) is 16.1 Å². The van der Waals surface area contributed by atoms with Crippen LogP contribution in [0.15, 0.2) is 30.3 Å². The predicted octanol–water partition coefficient (Wildman–Crippen LogP) is 2.13. The quantitative estimate of drug-likeness (QED) is 0.681. The van der Waals surface area contributed by atoms with Gasteiger partial charge in [0.15, 0.2) is 0 Å². The van der Waals surface area contributed by atoms with Crippen LogP contribution < -0.4 is 0 Å². The van der Waals surface area contributed by atoms with E-state index < -0.39 is 0 Å². The number of ether oxygens (including phenoxy) is 2. The highest BCUT2D eigenvalue weighted by molar-refractivity contribution is 5.13. The van der Waals surface area contributed by atoms with Crippen molar-refractivity contribution < 1.29 is 9.47 Å². The molecule has 0 unspecified atom stereocenters. The Labute approximate surface area is 83.8 Å². The van der Waals surface area contributed by atoms with E-state index in [0.717, 1.165) is 6.61 Å². The number of hydrogen-bond acceptors (Lipinski definition) is 2. The summed E-state index contributed by atoms with van der Waals surface area (Å²) in [4.78, 5) is 0. The topological polar surface area (TPSA) is 21.8 Å². The lowest BCUT2D eigenvalue weighted by Gasteiger charge is -2.11. The number of benzene rings is 1. The lowest BCUT2D eigenvalue weighted by atomic mass is 10.2. The Bertz CT molecular complexity index is 309. The lowest BCUT2D eigenvalue weighted by molar-refractivity contribution is 0.0160. The zero-order valence-corrected chi connectivity index (χ0v) is 8.06. The molecule has 3 rings (SSSR count). The van der Waals surface area contributed by atoms with Crippen molar-refractivity contribution in [1.29, 1.82) is 0 Å². The number of epoxide rings is 1. The Morgan fingerprint density at radius 1 is 1.21 bits per heavy atom. The van der Waals surface area contributed by atoms with Crippen LogP contribution in [0.3, 0.4) is 0 Å². The van der Waals surface area contributed by atoms with Crippen molar-refractivity contribution in [3.63, 3.8) is 0 Å². The normalized spacial score (nSPS) is 34.1. The van der Waals surface area contributed by atoms with E-state index in [0.29, 0.717) is 18.3 Å².